The zero-order chi connectivity index (χ0) is 16.9. The molecule has 23 heavy (non-hydrogen) atoms. The highest BCUT2D eigenvalue weighted by Crippen LogP contribution is 2.36. The number of amides is 2. The van der Waals surface area contributed by atoms with E-state index < -0.39 is 0 Å². The number of anilines is 1. The van der Waals surface area contributed by atoms with E-state index >= 15 is 0 Å². The Hall–Kier alpha value is -1.56. The SMILES string of the molecule is CCC(CC)(CCO)CNC(=O)Nc1cc(C2CCC2)nn1C. The second-order valence-corrected chi connectivity index (χ2v) is 6.69. The number of aliphatic hydroxyl groups excluding tert-OH is 1. The molecule has 6 nitrogen and oxygen atoms in total. The average molecular weight is 322 g/mol. The molecule has 0 spiro atoms. The first-order chi connectivity index (χ1) is 11.0. The van der Waals surface area contributed by atoms with Crippen LogP contribution in [0.5, 0.6) is 0 Å². The number of hydrogen-bond donors (Lipinski definition) is 3. The summed E-state index contributed by atoms with van der Waals surface area (Å²) in [7, 11) is 1.85. The maximum absolute atomic E-state index is 12.2. The smallest absolute Gasteiger partial charge is 0.320 e. The first-order valence-electron chi connectivity index (χ1n) is 8.73. The lowest BCUT2D eigenvalue weighted by Gasteiger charge is -2.31. The molecule has 2 rings (SSSR count). The summed E-state index contributed by atoms with van der Waals surface area (Å²) < 4.78 is 1.73. The van der Waals surface area contributed by atoms with Crippen LogP contribution in [0.4, 0.5) is 10.6 Å². The van der Waals surface area contributed by atoms with Gasteiger partial charge in [0, 0.05) is 32.2 Å². The molecule has 130 valence electrons. The first kappa shape index (κ1) is 17.8. The Balaban J connectivity index is 1.90. The van der Waals surface area contributed by atoms with Gasteiger partial charge >= 0.3 is 6.03 Å². The molecule has 1 aromatic rings. The van der Waals surface area contributed by atoms with Crippen molar-refractivity contribution < 1.29 is 9.90 Å². The minimum absolute atomic E-state index is 0.0321. The van der Waals surface area contributed by atoms with Crippen LogP contribution in [0, 0.1) is 5.41 Å². The van der Waals surface area contributed by atoms with Gasteiger partial charge in [-0.3, -0.25) is 10.00 Å². The molecule has 0 bridgehead atoms. The molecule has 0 aromatic carbocycles. The van der Waals surface area contributed by atoms with E-state index in [1.54, 1.807) is 4.68 Å². The third-order valence-corrected chi connectivity index (χ3v) is 5.43. The predicted octanol–water partition coefficient (Wildman–Crippen LogP) is 3.00. The van der Waals surface area contributed by atoms with Crippen molar-refractivity contribution >= 4 is 11.8 Å². The molecule has 6 heteroatoms. The minimum Gasteiger partial charge on any atom is -0.396 e. The third-order valence-electron chi connectivity index (χ3n) is 5.43. The van der Waals surface area contributed by atoms with Crippen LogP contribution < -0.4 is 10.6 Å². The zero-order valence-electron chi connectivity index (χ0n) is 14.6. The molecule has 1 heterocycles. The van der Waals surface area contributed by atoms with E-state index in [2.05, 4.69) is 29.6 Å². The van der Waals surface area contributed by atoms with Crippen LogP contribution >= 0.6 is 0 Å². The van der Waals surface area contributed by atoms with Gasteiger partial charge < -0.3 is 10.4 Å². The molecular weight excluding hydrogens is 292 g/mol. The number of aliphatic hydroxyl groups is 1. The molecule has 1 aliphatic rings. The first-order valence-corrected chi connectivity index (χ1v) is 8.73. The average Bonchev–Trinajstić information content (AvgIpc) is 2.82. The van der Waals surface area contributed by atoms with Crippen LogP contribution in [0.1, 0.15) is 64.0 Å². The summed E-state index contributed by atoms with van der Waals surface area (Å²) in [6.07, 6.45) is 6.23. The van der Waals surface area contributed by atoms with Gasteiger partial charge in [0.1, 0.15) is 5.82 Å². The van der Waals surface area contributed by atoms with E-state index in [0.717, 1.165) is 24.4 Å². The molecule has 1 saturated carbocycles. The van der Waals surface area contributed by atoms with Crippen molar-refractivity contribution in [3.05, 3.63) is 11.8 Å². The summed E-state index contributed by atoms with van der Waals surface area (Å²) in [6.45, 7) is 4.92. The largest absolute Gasteiger partial charge is 0.396 e. The van der Waals surface area contributed by atoms with Crippen molar-refractivity contribution in [3.63, 3.8) is 0 Å². The van der Waals surface area contributed by atoms with Crippen LogP contribution in [0.25, 0.3) is 0 Å². The Labute approximate surface area is 138 Å². The van der Waals surface area contributed by atoms with E-state index in [1.807, 2.05) is 13.1 Å². The van der Waals surface area contributed by atoms with E-state index in [4.69, 9.17) is 0 Å². The summed E-state index contributed by atoms with van der Waals surface area (Å²) in [5.74, 6) is 1.28. The third kappa shape index (κ3) is 4.25. The number of hydrogen-bond acceptors (Lipinski definition) is 3. The minimum atomic E-state index is -0.211. The fourth-order valence-corrected chi connectivity index (χ4v) is 3.12. The number of aromatic nitrogens is 2. The zero-order valence-corrected chi connectivity index (χ0v) is 14.6. The van der Waals surface area contributed by atoms with Crippen molar-refractivity contribution in [3.8, 4) is 0 Å². The summed E-state index contributed by atoms with van der Waals surface area (Å²) in [5, 5.41) is 19.6. The van der Waals surface area contributed by atoms with Gasteiger partial charge in [0.2, 0.25) is 0 Å². The lowest BCUT2D eigenvalue weighted by molar-refractivity contribution is 0.165. The van der Waals surface area contributed by atoms with Gasteiger partial charge in [-0.25, -0.2) is 4.79 Å². The number of nitrogens with one attached hydrogen (secondary N) is 2. The lowest BCUT2D eigenvalue weighted by Crippen LogP contribution is -2.40. The van der Waals surface area contributed by atoms with E-state index in [1.165, 1.54) is 19.3 Å². The van der Waals surface area contributed by atoms with Crippen LogP contribution in [-0.2, 0) is 7.05 Å². The summed E-state index contributed by atoms with van der Waals surface area (Å²) in [5.41, 5.74) is 1.04. The monoisotopic (exact) mass is 322 g/mol. The molecule has 0 saturated heterocycles. The summed E-state index contributed by atoms with van der Waals surface area (Å²) in [4.78, 5) is 12.2. The molecule has 3 N–H and O–H groups in total. The van der Waals surface area contributed by atoms with Crippen molar-refractivity contribution in [1.29, 1.82) is 0 Å². The summed E-state index contributed by atoms with van der Waals surface area (Å²) >= 11 is 0. The van der Waals surface area contributed by atoms with E-state index in [-0.39, 0.29) is 18.1 Å². The molecule has 0 atom stereocenters. The van der Waals surface area contributed by atoms with Gasteiger partial charge in [0.15, 0.2) is 0 Å². The molecule has 1 aromatic heterocycles. The molecule has 1 fully saturated rings. The highest BCUT2D eigenvalue weighted by Gasteiger charge is 2.27. The fourth-order valence-electron chi connectivity index (χ4n) is 3.12. The summed E-state index contributed by atoms with van der Waals surface area (Å²) in [6, 6.07) is 1.77. The van der Waals surface area contributed by atoms with E-state index in [9.17, 15) is 9.90 Å². The fraction of sp³-hybridized carbons (Fsp3) is 0.765. The van der Waals surface area contributed by atoms with Crippen LogP contribution in [0.2, 0.25) is 0 Å². The number of nitrogens with zero attached hydrogens (tertiary/aromatic N) is 2. The number of carbonyl (C=O) groups is 1. The highest BCUT2D eigenvalue weighted by molar-refractivity contribution is 5.88. The molecule has 0 aliphatic heterocycles. The maximum atomic E-state index is 12.2. The number of urea groups is 1. The van der Waals surface area contributed by atoms with Gasteiger partial charge in [-0.1, -0.05) is 20.3 Å². The van der Waals surface area contributed by atoms with Gasteiger partial charge in [-0.15, -0.1) is 0 Å². The van der Waals surface area contributed by atoms with Crippen molar-refractivity contribution in [2.45, 2.75) is 58.3 Å². The van der Waals surface area contributed by atoms with Gasteiger partial charge in [0.25, 0.3) is 0 Å². The van der Waals surface area contributed by atoms with Gasteiger partial charge in [-0.05, 0) is 37.5 Å². The maximum Gasteiger partial charge on any atom is 0.320 e. The number of rotatable bonds is 8. The van der Waals surface area contributed by atoms with Gasteiger partial charge in [0.05, 0.1) is 5.69 Å². The molecule has 0 unspecified atom stereocenters. The van der Waals surface area contributed by atoms with Crippen molar-refractivity contribution in [2.75, 3.05) is 18.5 Å². The van der Waals surface area contributed by atoms with Crippen LogP contribution in [0.3, 0.4) is 0 Å². The highest BCUT2D eigenvalue weighted by atomic mass is 16.3. The van der Waals surface area contributed by atoms with Gasteiger partial charge in [-0.2, -0.15) is 5.10 Å². The number of aryl methyl sites for hydroxylation is 1. The topological polar surface area (TPSA) is 79.2 Å². The lowest BCUT2D eigenvalue weighted by atomic mass is 9.79. The Bertz CT molecular complexity index is 519. The Morgan fingerprint density at radius 3 is 2.65 bits per heavy atom. The van der Waals surface area contributed by atoms with E-state index in [0.29, 0.717) is 18.9 Å². The second kappa shape index (κ2) is 7.81. The Morgan fingerprint density at radius 2 is 2.13 bits per heavy atom. The molecule has 2 amide bonds. The van der Waals surface area contributed by atoms with Crippen LogP contribution in [-0.4, -0.2) is 34.1 Å². The van der Waals surface area contributed by atoms with Crippen molar-refractivity contribution in [2.24, 2.45) is 12.5 Å². The standard InChI is InChI=1S/C17H30N4O2/c1-4-17(5-2,9-10-22)12-18-16(23)19-15-11-14(20-21(15)3)13-7-6-8-13/h11,13,22H,4-10,12H2,1-3H3,(H2,18,19,23). The molecule has 0 radical (unpaired) electrons. The quantitative estimate of drug-likeness (QED) is 0.688. The Morgan fingerprint density at radius 1 is 1.43 bits per heavy atom. The second-order valence-electron chi connectivity index (χ2n) is 6.69. The normalized spacial score (nSPS) is 15.3. The van der Waals surface area contributed by atoms with Crippen molar-refractivity contribution in [1.82, 2.24) is 15.1 Å². The predicted molar refractivity (Wildman–Crippen MR) is 91.5 cm³/mol. The molecular formula is C17H30N4O2. The Kier molecular flexibility index (Phi) is 6.04. The molecule has 1 aliphatic carbocycles. The van der Waals surface area contributed by atoms with Crippen LogP contribution in [0.15, 0.2) is 6.07 Å². The number of carbonyl (C=O) groups excluding carboxylic acids is 1.